The Balaban J connectivity index is 2.72. The molecule has 2 nitrogen and oxygen atoms in total. The second kappa shape index (κ2) is 6.81. The molecule has 0 aromatic heterocycles. The van der Waals surface area contributed by atoms with Crippen molar-refractivity contribution in [1.82, 2.24) is 0 Å². The van der Waals surface area contributed by atoms with Gasteiger partial charge in [0.05, 0.1) is 6.10 Å². The summed E-state index contributed by atoms with van der Waals surface area (Å²) in [6.07, 6.45) is 0.392. The van der Waals surface area contributed by atoms with Crippen LogP contribution < -0.4 is 5.73 Å². The Hall–Kier alpha value is -1.00. The van der Waals surface area contributed by atoms with Crippen molar-refractivity contribution in [1.29, 1.82) is 0 Å². The van der Waals surface area contributed by atoms with Crippen LogP contribution in [0.4, 0.5) is 8.78 Å². The molecule has 2 atom stereocenters. The average molecular weight is 257 g/mol. The summed E-state index contributed by atoms with van der Waals surface area (Å²) in [6.45, 7) is 6.57. The first-order chi connectivity index (χ1) is 8.45. The summed E-state index contributed by atoms with van der Waals surface area (Å²) >= 11 is 0. The molecular weight excluding hydrogens is 236 g/mol. The van der Waals surface area contributed by atoms with Crippen LogP contribution in [0.2, 0.25) is 0 Å². The Kier molecular flexibility index (Phi) is 5.69. The summed E-state index contributed by atoms with van der Waals surface area (Å²) in [7, 11) is 0. The quantitative estimate of drug-likeness (QED) is 0.850. The Labute approximate surface area is 107 Å². The number of ether oxygens (including phenoxy) is 1. The highest BCUT2D eigenvalue weighted by Gasteiger charge is 2.22. The molecule has 4 heteroatoms. The van der Waals surface area contributed by atoms with Gasteiger partial charge in [0.15, 0.2) is 11.6 Å². The number of rotatable bonds is 6. The lowest BCUT2D eigenvalue weighted by Crippen LogP contribution is -2.42. The minimum Gasteiger partial charge on any atom is -0.377 e. The van der Waals surface area contributed by atoms with Gasteiger partial charge >= 0.3 is 0 Å². The third-order valence-corrected chi connectivity index (χ3v) is 2.89. The molecule has 0 fully saturated rings. The predicted molar refractivity (Wildman–Crippen MR) is 68.3 cm³/mol. The van der Waals surface area contributed by atoms with Crippen LogP contribution in [0.1, 0.15) is 26.3 Å². The molecule has 0 spiro atoms. The maximum absolute atomic E-state index is 13.1. The summed E-state index contributed by atoms with van der Waals surface area (Å²) in [4.78, 5) is 0. The highest BCUT2D eigenvalue weighted by atomic mass is 19.2. The van der Waals surface area contributed by atoms with Crippen LogP contribution in [-0.2, 0) is 11.2 Å². The Morgan fingerprint density at radius 2 is 1.89 bits per heavy atom. The second-order valence-corrected chi connectivity index (χ2v) is 4.78. The van der Waals surface area contributed by atoms with Crippen LogP contribution in [0.25, 0.3) is 0 Å². The highest BCUT2D eigenvalue weighted by molar-refractivity contribution is 5.19. The zero-order valence-corrected chi connectivity index (χ0v) is 11.1. The summed E-state index contributed by atoms with van der Waals surface area (Å²) in [6, 6.07) is 3.65. The lowest BCUT2D eigenvalue weighted by molar-refractivity contribution is 0.0127. The van der Waals surface area contributed by atoms with Crippen molar-refractivity contribution in [3.63, 3.8) is 0 Å². The molecule has 0 saturated carbocycles. The molecule has 0 aliphatic rings. The first kappa shape index (κ1) is 15.1. The van der Waals surface area contributed by atoms with Crippen molar-refractivity contribution in [2.24, 2.45) is 11.7 Å². The normalized spacial score (nSPS) is 14.8. The largest absolute Gasteiger partial charge is 0.377 e. The zero-order chi connectivity index (χ0) is 13.7. The van der Waals surface area contributed by atoms with Crippen molar-refractivity contribution >= 4 is 0 Å². The van der Waals surface area contributed by atoms with Crippen LogP contribution in [0.15, 0.2) is 18.2 Å². The average Bonchev–Trinajstić information content (AvgIpc) is 2.30. The van der Waals surface area contributed by atoms with Crippen molar-refractivity contribution in [2.75, 3.05) is 6.61 Å². The maximum Gasteiger partial charge on any atom is 0.159 e. The van der Waals surface area contributed by atoms with Crippen LogP contribution in [-0.4, -0.2) is 18.8 Å². The van der Waals surface area contributed by atoms with E-state index in [9.17, 15) is 8.78 Å². The molecule has 0 aliphatic carbocycles. The minimum atomic E-state index is -0.836. The van der Waals surface area contributed by atoms with Crippen molar-refractivity contribution in [2.45, 2.75) is 39.3 Å². The van der Waals surface area contributed by atoms with Gasteiger partial charge < -0.3 is 10.5 Å². The van der Waals surface area contributed by atoms with E-state index in [0.717, 1.165) is 6.07 Å². The monoisotopic (exact) mass is 257 g/mol. The second-order valence-electron chi connectivity index (χ2n) is 4.78. The molecule has 1 rings (SSSR count). The fourth-order valence-electron chi connectivity index (χ4n) is 2.06. The van der Waals surface area contributed by atoms with E-state index in [1.165, 1.54) is 6.07 Å². The zero-order valence-electron chi connectivity index (χ0n) is 11.1. The van der Waals surface area contributed by atoms with E-state index in [1.807, 2.05) is 20.8 Å². The molecule has 1 aromatic rings. The summed E-state index contributed by atoms with van der Waals surface area (Å²) < 4.78 is 31.5. The van der Waals surface area contributed by atoms with E-state index in [1.54, 1.807) is 6.07 Å². The Morgan fingerprint density at radius 3 is 2.39 bits per heavy atom. The standard InChI is InChI=1S/C14H21F2NO/c1-4-18-14(9(2)3)13(17)8-10-5-6-11(15)12(16)7-10/h5-7,9,13-14H,4,8,17H2,1-3H3. The van der Waals surface area contributed by atoms with Gasteiger partial charge in [-0.1, -0.05) is 19.9 Å². The number of nitrogens with two attached hydrogens (primary N) is 1. The molecule has 2 unspecified atom stereocenters. The van der Waals surface area contributed by atoms with Crippen LogP contribution >= 0.6 is 0 Å². The van der Waals surface area contributed by atoms with Gasteiger partial charge in [-0.05, 0) is 37.0 Å². The Bertz CT molecular complexity index is 382. The fourth-order valence-corrected chi connectivity index (χ4v) is 2.06. The van der Waals surface area contributed by atoms with E-state index >= 15 is 0 Å². The summed E-state index contributed by atoms with van der Waals surface area (Å²) in [5, 5.41) is 0. The van der Waals surface area contributed by atoms with Gasteiger partial charge in [-0.2, -0.15) is 0 Å². The van der Waals surface area contributed by atoms with Crippen LogP contribution in [0.5, 0.6) is 0 Å². The molecule has 0 heterocycles. The lowest BCUT2D eigenvalue weighted by Gasteiger charge is -2.27. The van der Waals surface area contributed by atoms with Gasteiger partial charge in [0.25, 0.3) is 0 Å². The minimum absolute atomic E-state index is 0.0804. The van der Waals surface area contributed by atoms with E-state index < -0.39 is 11.6 Å². The molecule has 18 heavy (non-hydrogen) atoms. The molecule has 1 aromatic carbocycles. The van der Waals surface area contributed by atoms with E-state index in [-0.39, 0.29) is 18.1 Å². The van der Waals surface area contributed by atoms with Gasteiger partial charge in [0.1, 0.15) is 0 Å². The fraction of sp³-hybridized carbons (Fsp3) is 0.571. The van der Waals surface area contributed by atoms with Crippen LogP contribution in [0.3, 0.4) is 0 Å². The lowest BCUT2D eigenvalue weighted by atomic mass is 9.94. The van der Waals surface area contributed by atoms with Crippen molar-refractivity contribution in [3.8, 4) is 0 Å². The first-order valence-corrected chi connectivity index (χ1v) is 6.26. The van der Waals surface area contributed by atoms with Gasteiger partial charge in [0, 0.05) is 12.6 Å². The SMILES string of the molecule is CCOC(C(C)C)C(N)Cc1ccc(F)c(F)c1. The molecule has 0 bridgehead atoms. The molecule has 102 valence electrons. The van der Waals surface area contributed by atoms with Crippen LogP contribution in [0, 0.1) is 17.6 Å². The van der Waals surface area contributed by atoms with E-state index in [0.29, 0.717) is 18.6 Å². The van der Waals surface area contributed by atoms with Crippen molar-refractivity contribution in [3.05, 3.63) is 35.4 Å². The first-order valence-electron chi connectivity index (χ1n) is 6.26. The molecule has 0 radical (unpaired) electrons. The number of halogens is 2. The van der Waals surface area contributed by atoms with E-state index in [2.05, 4.69) is 0 Å². The molecular formula is C14H21F2NO. The summed E-state index contributed by atoms with van der Waals surface area (Å²) in [5.41, 5.74) is 6.77. The third-order valence-electron chi connectivity index (χ3n) is 2.89. The molecule has 0 amide bonds. The number of hydrogen-bond acceptors (Lipinski definition) is 2. The molecule has 2 N–H and O–H groups in total. The van der Waals surface area contributed by atoms with E-state index in [4.69, 9.17) is 10.5 Å². The predicted octanol–water partition coefficient (Wildman–Crippen LogP) is 2.90. The van der Waals surface area contributed by atoms with Gasteiger partial charge in [-0.25, -0.2) is 8.78 Å². The smallest absolute Gasteiger partial charge is 0.159 e. The van der Waals surface area contributed by atoms with Gasteiger partial charge in [-0.3, -0.25) is 0 Å². The number of benzene rings is 1. The van der Waals surface area contributed by atoms with Gasteiger partial charge in [-0.15, -0.1) is 0 Å². The molecule has 0 saturated heterocycles. The molecule has 0 aliphatic heterocycles. The topological polar surface area (TPSA) is 35.2 Å². The van der Waals surface area contributed by atoms with Crippen molar-refractivity contribution < 1.29 is 13.5 Å². The Morgan fingerprint density at radius 1 is 1.22 bits per heavy atom. The number of hydrogen-bond donors (Lipinski definition) is 1. The third kappa shape index (κ3) is 4.03. The summed E-state index contributed by atoms with van der Waals surface area (Å²) in [5.74, 6) is -1.39. The maximum atomic E-state index is 13.1. The van der Waals surface area contributed by atoms with Gasteiger partial charge in [0.2, 0.25) is 0 Å². The highest BCUT2D eigenvalue weighted by Crippen LogP contribution is 2.16.